The standard InChI is InChI=1S/C17H17FN2O3/c1-10(2)23-15-8-7-11(9-13(15)18)17(22)20-14-6-4-3-5-12(14)16(19)21/h3-10H,1-2H3,(H2,19,21)(H,20,22). The predicted molar refractivity (Wildman–Crippen MR) is 85.1 cm³/mol. The highest BCUT2D eigenvalue weighted by Gasteiger charge is 2.14. The van der Waals surface area contributed by atoms with E-state index in [0.29, 0.717) is 0 Å². The highest BCUT2D eigenvalue weighted by Crippen LogP contribution is 2.21. The summed E-state index contributed by atoms with van der Waals surface area (Å²) in [6.45, 7) is 3.56. The predicted octanol–water partition coefficient (Wildman–Crippen LogP) is 2.96. The van der Waals surface area contributed by atoms with Crippen molar-refractivity contribution in [2.45, 2.75) is 20.0 Å². The van der Waals surface area contributed by atoms with Crippen molar-refractivity contribution >= 4 is 17.5 Å². The monoisotopic (exact) mass is 316 g/mol. The van der Waals surface area contributed by atoms with E-state index < -0.39 is 17.6 Å². The summed E-state index contributed by atoms with van der Waals surface area (Å²) in [7, 11) is 0. The maximum Gasteiger partial charge on any atom is 0.255 e. The molecule has 0 bridgehead atoms. The van der Waals surface area contributed by atoms with Crippen molar-refractivity contribution < 1.29 is 18.7 Å². The van der Waals surface area contributed by atoms with Crippen LogP contribution in [0.1, 0.15) is 34.6 Å². The molecule has 0 aromatic heterocycles. The van der Waals surface area contributed by atoms with Gasteiger partial charge in [0.05, 0.1) is 17.4 Å². The molecule has 0 saturated heterocycles. The zero-order chi connectivity index (χ0) is 17.0. The van der Waals surface area contributed by atoms with E-state index in [9.17, 15) is 14.0 Å². The Balaban J connectivity index is 2.22. The lowest BCUT2D eigenvalue weighted by atomic mass is 10.1. The van der Waals surface area contributed by atoms with E-state index in [1.54, 1.807) is 32.0 Å². The largest absolute Gasteiger partial charge is 0.488 e. The number of nitrogens with two attached hydrogens (primary N) is 1. The number of hydrogen-bond donors (Lipinski definition) is 2. The lowest BCUT2D eigenvalue weighted by molar-refractivity contribution is 0.100. The Bertz CT molecular complexity index is 744. The van der Waals surface area contributed by atoms with Crippen LogP contribution in [-0.2, 0) is 0 Å². The first-order chi connectivity index (χ1) is 10.9. The van der Waals surface area contributed by atoms with Gasteiger partial charge in [-0.3, -0.25) is 9.59 Å². The van der Waals surface area contributed by atoms with E-state index in [-0.39, 0.29) is 28.7 Å². The molecular formula is C17H17FN2O3. The number of amides is 2. The highest BCUT2D eigenvalue weighted by molar-refractivity contribution is 6.08. The third-order valence-electron chi connectivity index (χ3n) is 3.00. The Kier molecular flexibility index (Phi) is 4.95. The van der Waals surface area contributed by atoms with Gasteiger partial charge in [-0.15, -0.1) is 0 Å². The van der Waals surface area contributed by atoms with Gasteiger partial charge in [-0.25, -0.2) is 4.39 Å². The van der Waals surface area contributed by atoms with Crippen molar-refractivity contribution in [3.8, 4) is 5.75 Å². The van der Waals surface area contributed by atoms with Gasteiger partial charge < -0.3 is 15.8 Å². The molecule has 3 N–H and O–H groups in total. The molecule has 0 radical (unpaired) electrons. The molecule has 0 aliphatic carbocycles. The summed E-state index contributed by atoms with van der Waals surface area (Å²) in [5.74, 6) is -1.76. The number of halogens is 1. The molecule has 2 aromatic carbocycles. The molecule has 2 amide bonds. The van der Waals surface area contributed by atoms with E-state index in [0.717, 1.165) is 6.07 Å². The number of nitrogens with one attached hydrogen (secondary N) is 1. The number of carbonyl (C=O) groups is 2. The number of benzene rings is 2. The molecule has 0 fully saturated rings. The van der Waals surface area contributed by atoms with Crippen LogP contribution >= 0.6 is 0 Å². The van der Waals surface area contributed by atoms with Crippen molar-refractivity contribution in [1.29, 1.82) is 0 Å². The van der Waals surface area contributed by atoms with Gasteiger partial charge in [0.25, 0.3) is 11.8 Å². The van der Waals surface area contributed by atoms with Gasteiger partial charge in [-0.1, -0.05) is 12.1 Å². The Hall–Kier alpha value is -2.89. The normalized spacial score (nSPS) is 10.4. The lowest BCUT2D eigenvalue weighted by Gasteiger charge is -2.12. The minimum atomic E-state index is -0.659. The smallest absolute Gasteiger partial charge is 0.255 e. The Morgan fingerprint density at radius 3 is 2.48 bits per heavy atom. The summed E-state index contributed by atoms with van der Waals surface area (Å²) >= 11 is 0. The fraction of sp³-hybridized carbons (Fsp3) is 0.176. The minimum absolute atomic E-state index is 0.0779. The number of hydrogen-bond acceptors (Lipinski definition) is 3. The van der Waals surface area contributed by atoms with Crippen LogP contribution in [0.3, 0.4) is 0 Å². The van der Waals surface area contributed by atoms with E-state index >= 15 is 0 Å². The summed E-state index contributed by atoms with van der Waals surface area (Å²) in [4.78, 5) is 23.5. The number of primary amides is 1. The molecule has 2 rings (SSSR count). The second-order valence-electron chi connectivity index (χ2n) is 5.18. The fourth-order valence-electron chi connectivity index (χ4n) is 1.99. The van der Waals surface area contributed by atoms with E-state index in [1.165, 1.54) is 18.2 Å². The second-order valence-corrected chi connectivity index (χ2v) is 5.18. The topological polar surface area (TPSA) is 81.4 Å². The molecule has 120 valence electrons. The zero-order valence-electron chi connectivity index (χ0n) is 12.8. The van der Waals surface area contributed by atoms with Crippen LogP contribution < -0.4 is 15.8 Å². The Morgan fingerprint density at radius 1 is 1.17 bits per heavy atom. The molecule has 0 spiro atoms. The van der Waals surface area contributed by atoms with Crippen LogP contribution in [0.15, 0.2) is 42.5 Å². The molecular weight excluding hydrogens is 299 g/mol. The number of rotatable bonds is 5. The van der Waals surface area contributed by atoms with Crippen LogP contribution in [0.2, 0.25) is 0 Å². The van der Waals surface area contributed by atoms with E-state index in [1.807, 2.05) is 0 Å². The van der Waals surface area contributed by atoms with Gasteiger partial charge in [0, 0.05) is 5.56 Å². The summed E-state index contributed by atoms with van der Waals surface area (Å²) in [5.41, 5.74) is 5.81. The lowest BCUT2D eigenvalue weighted by Crippen LogP contribution is -2.18. The summed E-state index contributed by atoms with van der Waals surface area (Å²) in [6.07, 6.45) is -0.174. The van der Waals surface area contributed by atoms with Gasteiger partial charge in [0.2, 0.25) is 0 Å². The number of para-hydroxylation sites is 1. The minimum Gasteiger partial charge on any atom is -0.488 e. The SMILES string of the molecule is CC(C)Oc1ccc(C(=O)Nc2ccccc2C(N)=O)cc1F. The van der Waals surface area contributed by atoms with Crippen LogP contribution in [0.5, 0.6) is 5.75 Å². The van der Waals surface area contributed by atoms with Crippen molar-refractivity contribution in [3.63, 3.8) is 0 Å². The summed E-state index contributed by atoms with van der Waals surface area (Å²) in [6, 6.07) is 10.3. The molecule has 0 unspecified atom stereocenters. The quantitative estimate of drug-likeness (QED) is 0.890. The van der Waals surface area contributed by atoms with Crippen LogP contribution in [0.25, 0.3) is 0 Å². The summed E-state index contributed by atoms with van der Waals surface area (Å²) in [5, 5.41) is 2.55. The highest BCUT2D eigenvalue weighted by atomic mass is 19.1. The van der Waals surface area contributed by atoms with Crippen molar-refractivity contribution in [3.05, 3.63) is 59.4 Å². The van der Waals surface area contributed by atoms with E-state index in [4.69, 9.17) is 10.5 Å². The van der Waals surface area contributed by atoms with Gasteiger partial charge in [-0.05, 0) is 44.2 Å². The first kappa shape index (κ1) is 16.5. The van der Waals surface area contributed by atoms with Gasteiger partial charge in [0.15, 0.2) is 11.6 Å². The number of carbonyl (C=O) groups excluding carboxylic acids is 2. The molecule has 0 aliphatic heterocycles. The first-order valence-electron chi connectivity index (χ1n) is 7.05. The second kappa shape index (κ2) is 6.91. The maximum atomic E-state index is 13.9. The molecule has 0 aliphatic rings. The van der Waals surface area contributed by atoms with Gasteiger partial charge >= 0.3 is 0 Å². The van der Waals surface area contributed by atoms with Gasteiger partial charge in [0.1, 0.15) is 0 Å². The average Bonchev–Trinajstić information content (AvgIpc) is 2.49. The average molecular weight is 316 g/mol. The Labute approximate surface area is 133 Å². The number of ether oxygens (including phenoxy) is 1. The van der Waals surface area contributed by atoms with Crippen LogP contribution in [0, 0.1) is 5.82 Å². The molecule has 0 heterocycles. The first-order valence-corrected chi connectivity index (χ1v) is 7.05. The zero-order valence-corrected chi connectivity index (χ0v) is 12.8. The molecule has 5 nitrogen and oxygen atoms in total. The third-order valence-corrected chi connectivity index (χ3v) is 3.00. The fourth-order valence-corrected chi connectivity index (χ4v) is 1.99. The Morgan fingerprint density at radius 2 is 1.87 bits per heavy atom. The molecule has 0 atom stereocenters. The maximum absolute atomic E-state index is 13.9. The van der Waals surface area contributed by atoms with Crippen LogP contribution in [0.4, 0.5) is 10.1 Å². The molecule has 2 aromatic rings. The number of anilines is 1. The molecule has 6 heteroatoms. The van der Waals surface area contributed by atoms with Crippen molar-refractivity contribution in [1.82, 2.24) is 0 Å². The van der Waals surface area contributed by atoms with Crippen LogP contribution in [-0.4, -0.2) is 17.9 Å². The van der Waals surface area contributed by atoms with Gasteiger partial charge in [-0.2, -0.15) is 0 Å². The van der Waals surface area contributed by atoms with Crippen molar-refractivity contribution in [2.75, 3.05) is 5.32 Å². The third kappa shape index (κ3) is 4.06. The summed E-state index contributed by atoms with van der Waals surface area (Å²) < 4.78 is 19.2. The molecule has 23 heavy (non-hydrogen) atoms. The molecule has 0 saturated carbocycles. The van der Waals surface area contributed by atoms with E-state index in [2.05, 4.69) is 5.32 Å². The van der Waals surface area contributed by atoms with Crippen molar-refractivity contribution in [2.24, 2.45) is 5.73 Å².